The van der Waals surface area contributed by atoms with Crippen molar-refractivity contribution < 1.29 is 4.79 Å². The summed E-state index contributed by atoms with van der Waals surface area (Å²) in [5.41, 5.74) is 0.563. The molecule has 1 aromatic rings. The monoisotopic (exact) mass is 249 g/mol. The van der Waals surface area contributed by atoms with Crippen LogP contribution < -0.4 is 10.6 Å². The average Bonchev–Trinajstić information content (AvgIpc) is 2.30. The summed E-state index contributed by atoms with van der Waals surface area (Å²) >= 11 is 0. The number of nitrogens with one attached hydrogen (secondary N) is 2. The van der Waals surface area contributed by atoms with Crippen molar-refractivity contribution in [2.45, 2.75) is 47.1 Å². The Morgan fingerprint density at radius 1 is 1.39 bits per heavy atom. The van der Waals surface area contributed by atoms with E-state index in [1.165, 1.54) is 0 Å². The van der Waals surface area contributed by atoms with E-state index >= 15 is 0 Å². The maximum absolute atomic E-state index is 11.8. The summed E-state index contributed by atoms with van der Waals surface area (Å²) in [7, 11) is 0. The first-order chi connectivity index (χ1) is 8.32. The van der Waals surface area contributed by atoms with E-state index in [1.54, 1.807) is 6.20 Å². The number of hydrogen-bond acceptors (Lipinski definition) is 3. The Balaban J connectivity index is 2.63. The number of nitrogens with zero attached hydrogens (tertiary/aromatic N) is 1. The fourth-order valence-electron chi connectivity index (χ4n) is 1.24. The minimum Gasteiger partial charge on any atom is -0.381 e. The van der Waals surface area contributed by atoms with Crippen molar-refractivity contribution in [3.8, 4) is 0 Å². The van der Waals surface area contributed by atoms with Crippen molar-refractivity contribution in [3.05, 3.63) is 18.3 Å². The molecule has 0 radical (unpaired) electrons. The minimum atomic E-state index is -0.407. The standard InChI is InChI=1S/C14H23N3O/c1-6-10(2)16-11-7-8-12(15-9-11)17-13(18)14(3,4)5/h7-10,16H,6H2,1-5H3,(H,15,17,18). The molecule has 0 fully saturated rings. The highest BCUT2D eigenvalue weighted by Gasteiger charge is 2.21. The summed E-state index contributed by atoms with van der Waals surface area (Å²) in [4.78, 5) is 16.0. The molecule has 4 heteroatoms. The molecule has 1 atom stereocenters. The molecule has 1 unspecified atom stereocenters. The lowest BCUT2D eigenvalue weighted by Gasteiger charge is -2.17. The molecule has 0 aromatic carbocycles. The number of carbonyl (C=O) groups is 1. The number of amides is 1. The molecule has 0 aliphatic carbocycles. The topological polar surface area (TPSA) is 54.0 Å². The summed E-state index contributed by atoms with van der Waals surface area (Å²) in [6.45, 7) is 9.88. The lowest BCUT2D eigenvalue weighted by molar-refractivity contribution is -0.123. The fraction of sp³-hybridized carbons (Fsp3) is 0.571. The largest absolute Gasteiger partial charge is 0.381 e. The normalized spacial score (nSPS) is 12.9. The zero-order valence-electron chi connectivity index (χ0n) is 11.9. The van der Waals surface area contributed by atoms with E-state index in [2.05, 4.69) is 29.5 Å². The average molecular weight is 249 g/mol. The minimum absolute atomic E-state index is 0.0300. The molecular weight excluding hydrogens is 226 g/mol. The van der Waals surface area contributed by atoms with Gasteiger partial charge in [0.05, 0.1) is 11.9 Å². The first kappa shape index (κ1) is 14.5. The first-order valence-electron chi connectivity index (χ1n) is 6.37. The van der Waals surface area contributed by atoms with Gasteiger partial charge in [0.2, 0.25) is 5.91 Å². The first-order valence-corrected chi connectivity index (χ1v) is 6.37. The van der Waals surface area contributed by atoms with Gasteiger partial charge in [-0.3, -0.25) is 4.79 Å². The predicted octanol–water partition coefficient (Wildman–Crippen LogP) is 3.28. The van der Waals surface area contributed by atoms with Crippen molar-refractivity contribution in [2.24, 2.45) is 5.41 Å². The summed E-state index contributed by atoms with van der Waals surface area (Å²) in [5.74, 6) is 0.558. The van der Waals surface area contributed by atoms with Gasteiger partial charge in [0.15, 0.2) is 0 Å². The van der Waals surface area contributed by atoms with E-state index in [9.17, 15) is 4.79 Å². The van der Waals surface area contributed by atoms with Gasteiger partial charge >= 0.3 is 0 Å². The number of rotatable bonds is 4. The fourth-order valence-corrected chi connectivity index (χ4v) is 1.24. The van der Waals surface area contributed by atoms with Gasteiger partial charge in [-0.25, -0.2) is 4.98 Å². The third-order valence-electron chi connectivity index (χ3n) is 2.71. The maximum Gasteiger partial charge on any atom is 0.230 e. The van der Waals surface area contributed by atoms with Gasteiger partial charge in [0.1, 0.15) is 5.82 Å². The lowest BCUT2D eigenvalue weighted by atomic mass is 9.96. The van der Waals surface area contributed by atoms with Gasteiger partial charge in [-0.05, 0) is 25.5 Å². The summed E-state index contributed by atoms with van der Waals surface area (Å²) in [6, 6.07) is 4.16. The molecule has 1 rings (SSSR count). The van der Waals surface area contributed by atoms with Gasteiger partial charge in [0.25, 0.3) is 0 Å². The number of hydrogen-bond donors (Lipinski definition) is 2. The Hall–Kier alpha value is -1.58. The molecule has 0 spiro atoms. The lowest BCUT2D eigenvalue weighted by Crippen LogP contribution is -2.28. The maximum atomic E-state index is 11.8. The Kier molecular flexibility index (Phi) is 4.70. The van der Waals surface area contributed by atoms with Crippen LogP contribution in [0.15, 0.2) is 18.3 Å². The third-order valence-corrected chi connectivity index (χ3v) is 2.71. The van der Waals surface area contributed by atoms with Crippen LogP contribution in [-0.4, -0.2) is 16.9 Å². The highest BCUT2D eigenvalue weighted by atomic mass is 16.2. The number of aromatic nitrogens is 1. The van der Waals surface area contributed by atoms with Crippen molar-refractivity contribution >= 4 is 17.4 Å². The second-order valence-electron chi connectivity index (χ2n) is 5.59. The van der Waals surface area contributed by atoms with Gasteiger partial charge in [-0.2, -0.15) is 0 Å². The number of anilines is 2. The highest BCUT2D eigenvalue weighted by Crippen LogP contribution is 2.17. The zero-order valence-corrected chi connectivity index (χ0v) is 11.9. The molecule has 4 nitrogen and oxygen atoms in total. The predicted molar refractivity (Wildman–Crippen MR) is 75.7 cm³/mol. The molecule has 1 amide bonds. The zero-order chi connectivity index (χ0) is 13.8. The van der Waals surface area contributed by atoms with Crippen molar-refractivity contribution in [2.75, 3.05) is 10.6 Å². The summed E-state index contributed by atoms with van der Waals surface area (Å²) in [5, 5.41) is 6.13. The molecular formula is C14H23N3O. The second kappa shape index (κ2) is 5.85. The molecule has 18 heavy (non-hydrogen) atoms. The molecule has 0 saturated heterocycles. The SMILES string of the molecule is CCC(C)Nc1ccc(NC(=O)C(C)(C)C)nc1. The summed E-state index contributed by atoms with van der Waals surface area (Å²) in [6.07, 6.45) is 2.80. The van der Waals surface area contributed by atoms with Gasteiger partial charge in [-0.1, -0.05) is 27.7 Å². The molecule has 100 valence electrons. The van der Waals surface area contributed by atoms with Crippen molar-refractivity contribution in [1.29, 1.82) is 0 Å². The van der Waals surface area contributed by atoms with E-state index in [1.807, 2.05) is 32.9 Å². The van der Waals surface area contributed by atoms with Crippen LogP contribution in [-0.2, 0) is 4.79 Å². The molecule has 0 aliphatic heterocycles. The Morgan fingerprint density at radius 3 is 2.50 bits per heavy atom. The number of carbonyl (C=O) groups excluding carboxylic acids is 1. The number of pyridine rings is 1. The molecule has 0 aliphatic rings. The molecule has 1 aromatic heterocycles. The van der Waals surface area contributed by atoms with Crippen LogP contribution in [0.25, 0.3) is 0 Å². The molecule has 1 heterocycles. The van der Waals surface area contributed by atoms with E-state index in [0.717, 1.165) is 12.1 Å². The quantitative estimate of drug-likeness (QED) is 0.861. The van der Waals surface area contributed by atoms with E-state index in [-0.39, 0.29) is 5.91 Å². The third kappa shape index (κ3) is 4.35. The molecule has 2 N–H and O–H groups in total. The second-order valence-corrected chi connectivity index (χ2v) is 5.59. The Morgan fingerprint density at radius 2 is 2.06 bits per heavy atom. The van der Waals surface area contributed by atoms with Crippen molar-refractivity contribution in [1.82, 2.24) is 4.98 Å². The van der Waals surface area contributed by atoms with Crippen LogP contribution >= 0.6 is 0 Å². The van der Waals surface area contributed by atoms with Crippen LogP contribution in [0, 0.1) is 5.41 Å². The van der Waals surface area contributed by atoms with Crippen LogP contribution in [0.5, 0.6) is 0 Å². The van der Waals surface area contributed by atoms with Crippen molar-refractivity contribution in [3.63, 3.8) is 0 Å². The highest BCUT2D eigenvalue weighted by molar-refractivity contribution is 5.93. The van der Waals surface area contributed by atoms with Gasteiger partial charge < -0.3 is 10.6 Å². The summed E-state index contributed by atoms with van der Waals surface area (Å²) < 4.78 is 0. The van der Waals surface area contributed by atoms with Gasteiger partial charge in [0, 0.05) is 11.5 Å². The van der Waals surface area contributed by atoms with Crippen LogP contribution in [0.1, 0.15) is 41.0 Å². The van der Waals surface area contributed by atoms with E-state index < -0.39 is 5.41 Å². The van der Waals surface area contributed by atoms with Crippen LogP contribution in [0.2, 0.25) is 0 Å². The van der Waals surface area contributed by atoms with Gasteiger partial charge in [-0.15, -0.1) is 0 Å². The smallest absolute Gasteiger partial charge is 0.230 e. The molecule has 0 saturated carbocycles. The Labute approximate surface area is 109 Å². The Bertz CT molecular complexity index is 392. The molecule has 0 bridgehead atoms. The van der Waals surface area contributed by atoms with Crippen LogP contribution in [0.4, 0.5) is 11.5 Å². The van der Waals surface area contributed by atoms with E-state index in [0.29, 0.717) is 11.9 Å². The van der Waals surface area contributed by atoms with Crippen LogP contribution in [0.3, 0.4) is 0 Å². The van der Waals surface area contributed by atoms with E-state index in [4.69, 9.17) is 0 Å².